The molecule has 1 atom stereocenters. The summed E-state index contributed by atoms with van der Waals surface area (Å²) in [7, 11) is 0.907. The van der Waals surface area contributed by atoms with E-state index in [9.17, 15) is 8.42 Å². The van der Waals surface area contributed by atoms with Gasteiger partial charge in [-0.2, -0.15) is 0 Å². The second kappa shape index (κ2) is 6.98. The Morgan fingerprint density at radius 2 is 1.93 bits per heavy atom. The van der Waals surface area contributed by atoms with Crippen molar-refractivity contribution >= 4 is 41.2 Å². The molecule has 1 aliphatic carbocycles. The Morgan fingerprint density at radius 1 is 1.11 bits per heavy atom. The molecule has 0 bridgehead atoms. The highest BCUT2D eigenvalue weighted by Crippen LogP contribution is 2.33. The van der Waals surface area contributed by atoms with E-state index in [-0.39, 0.29) is 5.25 Å². The van der Waals surface area contributed by atoms with Crippen molar-refractivity contribution in [3.05, 3.63) is 48.7 Å². The van der Waals surface area contributed by atoms with Crippen LogP contribution in [-0.2, 0) is 10.0 Å². The summed E-state index contributed by atoms with van der Waals surface area (Å²) in [6, 6.07) is 12.6. The molecule has 4 rings (SSSR count). The lowest BCUT2D eigenvalue weighted by Gasteiger charge is -2.13. The van der Waals surface area contributed by atoms with Gasteiger partial charge >= 0.3 is 0 Å². The van der Waals surface area contributed by atoms with Crippen LogP contribution in [0.4, 0.5) is 5.69 Å². The molecule has 27 heavy (non-hydrogen) atoms. The van der Waals surface area contributed by atoms with Crippen molar-refractivity contribution in [3.63, 3.8) is 0 Å². The highest BCUT2D eigenvalue weighted by molar-refractivity contribution is 7.93. The number of pyridine rings is 1. The molecule has 1 N–H and O–H groups in total. The number of hydrogen-bond acceptors (Lipinski definition) is 5. The standard InChI is InChI=1S/C19H19N2O4PS/c1-24-13-3-6-16-15(11-13)17(8-9-20-16)25-18-7-2-12(10-19(18)26)21-27(22,23)14-4-5-14/h2-3,6-11,14,21H,4-5,26H2,1H3. The predicted molar refractivity (Wildman–Crippen MR) is 110 cm³/mol. The zero-order chi connectivity index (χ0) is 19.0. The minimum Gasteiger partial charge on any atom is -0.497 e. The fourth-order valence-corrected chi connectivity index (χ4v) is 4.48. The summed E-state index contributed by atoms with van der Waals surface area (Å²) in [6.45, 7) is 0. The highest BCUT2D eigenvalue weighted by Gasteiger charge is 2.35. The molecule has 6 nitrogen and oxygen atoms in total. The molecule has 1 fully saturated rings. The van der Waals surface area contributed by atoms with E-state index in [1.165, 1.54) is 0 Å². The zero-order valence-corrected chi connectivity index (χ0v) is 16.6. The van der Waals surface area contributed by atoms with Gasteiger partial charge in [0.05, 0.1) is 17.9 Å². The molecule has 1 unspecified atom stereocenters. The number of aromatic nitrogens is 1. The minimum atomic E-state index is -3.29. The van der Waals surface area contributed by atoms with Crippen LogP contribution in [0.25, 0.3) is 10.9 Å². The lowest BCUT2D eigenvalue weighted by atomic mass is 10.2. The first-order valence-electron chi connectivity index (χ1n) is 8.48. The molecule has 1 aromatic heterocycles. The molecule has 1 aliphatic rings. The lowest BCUT2D eigenvalue weighted by molar-refractivity contribution is 0.415. The van der Waals surface area contributed by atoms with Gasteiger partial charge in [0.15, 0.2) is 0 Å². The number of sulfonamides is 1. The number of rotatable bonds is 6. The lowest BCUT2D eigenvalue weighted by Crippen LogP contribution is -2.18. The molecule has 0 spiro atoms. The van der Waals surface area contributed by atoms with Crippen LogP contribution < -0.4 is 19.5 Å². The second-order valence-electron chi connectivity index (χ2n) is 6.39. The van der Waals surface area contributed by atoms with Gasteiger partial charge in [0.1, 0.15) is 17.2 Å². The smallest absolute Gasteiger partial charge is 0.235 e. The highest BCUT2D eigenvalue weighted by atomic mass is 32.2. The number of fused-ring (bicyclic) bond motifs is 1. The first-order valence-corrected chi connectivity index (χ1v) is 10.6. The quantitative estimate of drug-likeness (QED) is 0.639. The summed E-state index contributed by atoms with van der Waals surface area (Å²) in [5.41, 5.74) is 1.33. The molecule has 1 saturated carbocycles. The molecule has 2 aromatic carbocycles. The van der Waals surface area contributed by atoms with Gasteiger partial charge in [0, 0.05) is 22.6 Å². The van der Waals surface area contributed by atoms with Gasteiger partial charge in [0.2, 0.25) is 10.0 Å². The molecule has 0 saturated heterocycles. The molecule has 140 valence electrons. The summed E-state index contributed by atoms with van der Waals surface area (Å²) in [6.07, 6.45) is 3.14. The molecule has 0 radical (unpaired) electrons. The maximum absolute atomic E-state index is 12.1. The van der Waals surface area contributed by atoms with E-state index >= 15 is 0 Å². The van der Waals surface area contributed by atoms with E-state index in [1.54, 1.807) is 37.6 Å². The van der Waals surface area contributed by atoms with E-state index in [0.29, 0.717) is 17.2 Å². The van der Waals surface area contributed by atoms with Crippen LogP contribution in [0.3, 0.4) is 0 Å². The molecule has 3 aromatic rings. The van der Waals surface area contributed by atoms with Gasteiger partial charge < -0.3 is 9.47 Å². The Balaban J connectivity index is 1.62. The van der Waals surface area contributed by atoms with Crippen molar-refractivity contribution in [1.29, 1.82) is 0 Å². The molecule has 1 heterocycles. The van der Waals surface area contributed by atoms with Crippen LogP contribution in [0, 0.1) is 0 Å². The molecular formula is C19H19N2O4PS. The fraction of sp³-hybridized carbons (Fsp3) is 0.211. The van der Waals surface area contributed by atoms with E-state index in [1.807, 2.05) is 18.2 Å². The number of nitrogens with zero attached hydrogens (tertiary/aromatic N) is 1. The molecular weight excluding hydrogens is 383 g/mol. The largest absolute Gasteiger partial charge is 0.497 e. The van der Waals surface area contributed by atoms with Crippen LogP contribution in [-0.4, -0.2) is 25.8 Å². The third-order valence-electron chi connectivity index (χ3n) is 4.36. The third kappa shape index (κ3) is 3.84. The van der Waals surface area contributed by atoms with Crippen molar-refractivity contribution in [2.24, 2.45) is 0 Å². The fourth-order valence-electron chi connectivity index (χ4n) is 2.77. The molecule has 0 aliphatic heterocycles. The number of nitrogens with one attached hydrogen (secondary N) is 1. The Morgan fingerprint density at radius 3 is 2.63 bits per heavy atom. The van der Waals surface area contributed by atoms with Crippen molar-refractivity contribution in [2.45, 2.75) is 18.1 Å². The number of hydrogen-bond donors (Lipinski definition) is 1. The van der Waals surface area contributed by atoms with Gasteiger partial charge in [-0.1, -0.05) is 0 Å². The zero-order valence-electron chi connectivity index (χ0n) is 14.7. The van der Waals surface area contributed by atoms with Gasteiger partial charge in [-0.15, -0.1) is 9.24 Å². The van der Waals surface area contributed by atoms with Crippen LogP contribution in [0.5, 0.6) is 17.2 Å². The van der Waals surface area contributed by atoms with Crippen molar-refractivity contribution < 1.29 is 17.9 Å². The van der Waals surface area contributed by atoms with Crippen molar-refractivity contribution in [2.75, 3.05) is 11.8 Å². The average Bonchev–Trinajstić information content (AvgIpc) is 3.49. The van der Waals surface area contributed by atoms with Gasteiger partial charge in [-0.05, 0) is 55.3 Å². The monoisotopic (exact) mass is 402 g/mol. The van der Waals surface area contributed by atoms with Crippen LogP contribution in [0.1, 0.15) is 12.8 Å². The molecule has 8 heteroatoms. The molecule has 0 amide bonds. The van der Waals surface area contributed by atoms with Crippen molar-refractivity contribution in [3.8, 4) is 17.2 Å². The van der Waals surface area contributed by atoms with Crippen LogP contribution in [0.2, 0.25) is 0 Å². The van der Waals surface area contributed by atoms with E-state index < -0.39 is 10.0 Å². The normalized spacial score (nSPS) is 14.1. The summed E-state index contributed by atoms with van der Waals surface area (Å²) in [5, 5.41) is 1.32. The Bertz CT molecular complexity index is 1110. The summed E-state index contributed by atoms with van der Waals surface area (Å²) < 4.78 is 38.2. The Labute approximate surface area is 160 Å². The predicted octanol–water partition coefficient (Wildman–Crippen LogP) is 3.44. The number of methoxy groups -OCH3 is 1. The third-order valence-corrected chi connectivity index (χ3v) is 6.68. The maximum Gasteiger partial charge on any atom is 0.235 e. The summed E-state index contributed by atoms with van der Waals surface area (Å²) in [4.78, 5) is 4.34. The average molecular weight is 402 g/mol. The topological polar surface area (TPSA) is 77.5 Å². The minimum absolute atomic E-state index is 0.264. The number of benzene rings is 2. The summed E-state index contributed by atoms with van der Waals surface area (Å²) in [5.74, 6) is 1.98. The van der Waals surface area contributed by atoms with Gasteiger partial charge in [-0.25, -0.2) is 8.42 Å². The van der Waals surface area contributed by atoms with Gasteiger partial charge in [0.25, 0.3) is 0 Å². The van der Waals surface area contributed by atoms with Gasteiger partial charge in [-0.3, -0.25) is 9.71 Å². The summed E-state index contributed by atoms with van der Waals surface area (Å²) >= 11 is 0. The number of anilines is 1. The number of ether oxygens (including phenoxy) is 2. The second-order valence-corrected chi connectivity index (χ2v) is 8.98. The Kier molecular flexibility index (Phi) is 4.66. The van der Waals surface area contributed by atoms with E-state index in [2.05, 4.69) is 18.9 Å². The first-order chi connectivity index (χ1) is 13.0. The maximum atomic E-state index is 12.1. The van der Waals surface area contributed by atoms with E-state index in [0.717, 1.165) is 34.8 Å². The Hall–Kier alpha value is -2.37. The van der Waals surface area contributed by atoms with Crippen LogP contribution >= 0.6 is 9.24 Å². The van der Waals surface area contributed by atoms with Crippen LogP contribution in [0.15, 0.2) is 48.7 Å². The first kappa shape index (κ1) is 18.0. The van der Waals surface area contributed by atoms with E-state index in [4.69, 9.17) is 9.47 Å². The SMILES string of the molecule is COc1ccc2nccc(Oc3ccc(NS(=O)(=O)C4CC4)cc3P)c2c1. The van der Waals surface area contributed by atoms with Crippen molar-refractivity contribution in [1.82, 2.24) is 4.98 Å².